The van der Waals surface area contributed by atoms with Crippen LogP contribution in [0.15, 0.2) is 41.2 Å². The number of nitrogens with one attached hydrogen (secondary N) is 2. The summed E-state index contributed by atoms with van der Waals surface area (Å²) in [5.41, 5.74) is 7.35. The summed E-state index contributed by atoms with van der Waals surface area (Å²) in [5.74, 6) is -1.05. The minimum absolute atomic E-state index is 0.0271. The first-order valence-electron chi connectivity index (χ1n) is 9.39. The molecule has 9 heteroatoms. The van der Waals surface area contributed by atoms with E-state index >= 15 is 0 Å². The number of hydrazine groups is 1. The van der Waals surface area contributed by atoms with E-state index in [0.29, 0.717) is 28.8 Å². The standard InChI is InChI=1S/C21H19FN6O2/c1-4-28-20(30)14-7-5-6-8-16(14)25-21(28)27-26-19(29)15-9-13(22)10-17-18(15)24-12(3)11(2)23-17/h5-10H,4H2,1-3H3,(H,25,27)(H,26,29). The van der Waals surface area contributed by atoms with Crippen molar-refractivity contribution >= 4 is 33.8 Å². The first-order chi connectivity index (χ1) is 14.4. The van der Waals surface area contributed by atoms with Gasteiger partial charge in [0.1, 0.15) is 11.3 Å². The molecule has 4 aromatic rings. The summed E-state index contributed by atoms with van der Waals surface area (Å²) in [6.45, 7) is 5.68. The van der Waals surface area contributed by atoms with E-state index in [1.807, 2.05) is 0 Å². The molecule has 0 aliphatic rings. The number of fused-ring (bicyclic) bond motifs is 2. The number of aromatic nitrogens is 4. The predicted octanol–water partition coefficient (Wildman–Crippen LogP) is 2.87. The van der Waals surface area contributed by atoms with E-state index in [1.165, 1.54) is 10.6 Å². The third-order valence-corrected chi connectivity index (χ3v) is 4.86. The summed E-state index contributed by atoms with van der Waals surface area (Å²) in [5, 5.41) is 0.480. The van der Waals surface area contributed by atoms with Crippen LogP contribution in [0.1, 0.15) is 28.7 Å². The maximum atomic E-state index is 14.1. The number of carbonyl (C=O) groups excluding carboxylic acids is 1. The SMILES string of the molecule is CCn1c(NNC(=O)c2cc(F)cc3nc(C)c(C)nc23)nc2ccccc2c1=O. The summed E-state index contributed by atoms with van der Waals surface area (Å²) in [7, 11) is 0. The number of amides is 1. The van der Waals surface area contributed by atoms with Crippen LogP contribution in [-0.2, 0) is 6.54 Å². The van der Waals surface area contributed by atoms with Gasteiger partial charge < -0.3 is 0 Å². The second-order valence-corrected chi connectivity index (χ2v) is 6.80. The molecule has 0 spiro atoms. The van der Waals surface area contributed by atoms with E-state index < -0.39 is 11.7 Å². The molecule has 4 rings (SSSR count). The van der Waals surface area contributed by atoms with Crippen molar-refractivity contribution in [2.75, 3.05) is 5.43 Å². The van der Waals surface area contributed by atoms with E-state index in [9.17, 15) is 14.0 Å². The van der Waals surface area contributed by atoms with Crippen molar-refractivity contribution in [2.45, 2.75) is 27.3 Å². The van der Waals surface area contributed by atoms with Crippen molar-refractivity contribution in [1.82, 2.24) is 24.9 Å². The number of halogens is 1. The van der Waals surface area contributed by atoms with Crippen molar-refractivity contribution in [1.29, 1.82) is 0 Å². The lowest BCUT2D eigenvalue weighted by atomic mass is 10.1. The average Bonchev–Trinajstić information content (AvgIpc) is 2.73. The fourth-order valence-electron chi connectivity index (χ4n) is 3.21. The van der Waals surface area contributed by atoms with E-state index in [1.54, 1.807) is 45.0 Å². The molecule has 2 N–H and O–H groups in total. The molecule has 0 saturated heterocycles. The van der Waals surface area contributed by atoms with Gasteiger partial charge in [0.05, 0.1) is 33.4 Å². The number of benzene rings is 2. The van der Waals surface area contributed by atoms with Crippen LogP contribution in [0.2, 0.25) is 0 Å². The van der Waals surface area contributed by atoms with Crippen molar-refractivity contribution in [3.8, 4) is 0 Å². The maximum absolute atomic E-state index is 14.1. The molecule has 0 fully saturated rings. The van der Waals surface area contributed by atoms with Crippen molar-refractivity contribution in [3.63, 3.8) is 0 Å². The topological polar surface area (TPSA) is 102 Å². The quantitative estimate of drug-likeness (QED) is 0.506. The van der Waals surface area contributed by atoms with Gasteiger partial charge in [0, 0.05) is 12.6 Å². The van der Waals surface area contributed by atoms with Crippen LogP contribution in [0.5, 0.6) is 0 Å². The molecule has 0 atom stereocenters. The monoisotopic (exact) mass is 406 g/mol. The predicted molar refractivity (Wildman–Crippen MR) is 112 cm³/mol. The molecule has 30 heavy (non-hydrogen) atoms. The molecule has 8 nitrogen and oxygen atoms in total. The van der Waals surface area contributed by atoms with Crippen molar-refractivity contribution < 1.29 is 9.18 Å². The summed E-state index contributed by atoms with van der Waals surface area (Å²) in [4.78, 5) is 38.6. The van der Waals surface area contributed by atoms with E-state index in [-0.39, 0.29) is 28.1 Å². The number of carbonyl (C=O) groups is 1. The third kappa shape index (κ3) is 3.34. The van der Waals surface area contributed by atoms with Crippen LogP contribution < -0.4 is 16.4 Å². The molecule has 0 aliphatic carbocycles. The smallest absolute Gasteiger partial charge is 0.272 e. The fourth-order valence-corrected chi connectivity index (χ4v) is 3.21. The van der Waals surface area contributed by atoms with Gasteiger partial charge in [0.15, 0.2) is 0 Å². The highest BCUT2D eigenvalue weighted by Crippen LogP contribution is 2.19. The Morgan fingerprint density at radius 1 is 1.07 bits per heavy atom. The zero-order valence-corrected chi connectivity index (χ0v) is 16.7. The molecular formula is C21H19FN6O2. The first-order valence-corrected chi connectivity index (χ1v) is 9.39. The number of anilines is 1. The van der Waals surface area contributed by atoms with Gasteiger partial charge in [-0.05, 0) is 39.0 Å². The minimum Gasteiger partial charge on any atom is -0.277 e. The van der Waals surface area contributed by atoms with Crippen molar-refractivity contribution in [3.05, 3.63) is 69.5 Å². The Kier molecular flexibility index (Phi) is 4.86. The van der Waals surface area contributed by atoms with Gasteiger partial charge in [-0.3, -0.25) is 25.0 Å². The second kappa shape index (κ2) is 7.51. The Bertz CT molecular complexity index is 1370. The number of rotatable bonds is 4. The molecule has 0 bridgehead atoms. The van der Waals surface area contributed by atoms with Crippen LogP contribution in [0.25, 0.3) is 21.9 Å². The zero-order chi connectivity index (χ0) is 21.4. The van der Waals surface area contributed by atoms with Crippen LogP contribution in [0, 0.1) is 19.7 Å². The fraction of sp³-hybridized carbons (Fsp3) is 0.190. The molecule has 152 valence electrons. The van der Waals surface area contributed by atoms with Crippen LogP contribution in [0.3, 0.4) is 0 Å². The van der Waals surface area contributed by atoms with E-state index in [2.05, 4.69) is 25.8 Å². The molecule has 0 saturated carbocycles. The van der Waals surface area contributed by atoms with Gasteiger partial charge in [-0.15, -0.1) is 0 Å². The number of nitrogens with zero attached hydrogens (tertiary/aromatic N) is 4. The summed E-state index contributed by atoms with van der Waals surface area (Å²) in [6, 6.07) is 9.28. The normalized spacial score (nSPS) is 11.1. The van der Waals surface area contributed by atoms with Gasteiger partial charge in [0.25, 0.3) is 11.5 Å². The van der Waals surface area contributed by atoms with Crippen LogP contribution in [0.4, 0.5) is 10.3 Å². The Balaban J connectivity index is 1.71. The van der Waals surface area contributed by atoms with Crippen LogP contribution in [-0.4, -0.2) is 25.4 Å². The first kappa shape index (κ1) is 19.4. The highest BCUT2D eigenvalue weighted by atomic mass is 19.1. The lowest BCUT2D eigenvalue weighted by molar-refractivity contribution is 0.0963. The molecular weight excluding hydrogens is 387 g/mol. The number of hydrogen-bond acceptors (Lipinski definition) is 6. The second-order valence-electron chi connectivity index (χ2n) is 6.80. The average molecular weight is 406 g/mol. The molecule has 2 heterocycles. The highest BCUT2D eigenvalue weighted by molar-refractivity contribution is 6.05. The minimum atomic E-state index is -0.623. The summed E-state index contributed by atoms with van der Waals surface area (Å²) in [6.07, 6.45) is 0. The molecule has 2 aromatic carbocycles. The lowest BCUT2D eigenvalue weighted by Gasteiger charge is -2.14. The molecule has 0 aliphatic heterocycles. The number of hydrogen-bond donors (Lipinski definition) is 2. The molecule has 1 amide bonds. The Morgan fingerprint density at radius 3 is 2.57 bits per heavy atom. The summed E-state index contributed by atoms with van der Waals surface area (Å²) < 4.78 is 15.5. The third-order valence-electron chi connectivity index (χ3n) is 4.86. The van der Waals surface area contributed by atoms with Crippen LogP contribution >= 0.6 is 0 Å². The van der Waals surface area contributed by atoms with Gasteiger partial charge in [-0.25, -0.2) is 19.3 Å². The van der Waals surface area contributed by atoms with Gasteiger partial charge in [-0.2, -0.15) is 0 Å². The number of aryl methyl sites for hydroxylation is 2. The molecule has 0 unspecified atom stereocenters. The largest absolute Gasteiger partial charge is 0.277 e. The highest BCUT2D eigenvalue weighted by Gasteiger charge is 2.17. The lowest BCUT2D eigenvalue weighted by Crippen LogP contribution is -2.34. The molecule has 0 radical (unpaired) electrons. The van der Waals surface area contributed by atoms with Crippen molar-refractivity contribution in [2.24, 2.45) is 0 Å². The Hall–Kier alpha value is -3.88. The van der Waals surface area contributed by atoms with Gasteiger partial charge in [0.2, 0.25) is 5.95 Å². The van der Waals surface area contributed by atoms with Gasteiger partial charge >= 0.3 is 0 Å². The van der Waals surface area contributed by atoms with E-state index in [0.717, 1.165) is 6.07 Å². The summed E-state index contributed by atoms with van der Waals surface area (Å²) >= 11 is 0. The van der Waals surface area contributed by atoms with Gasteiger partial charge in [-0.1, -0.05) is 12.1 Å². The zero-order valence-electron chi connectivity index (χ0n) is 16.7. The maximum Gasteiger partial charge on any atom is 0.272 e. The Morgan fingerprint density at radius 2 is 1.80 bits per heavy atom. The Labute approximate surface area is 170 Å². The molecule has 2 aromatic heterocycles. The van der Waals surface area contributed by atoms with E-state index in [4.69, 9.17) is 0 Å². The number of para-hydroxylation sites is 1.